The average Bonchev–Trinajstić information content (AvgIpc) is 2.33. The minimum Gasteiger partial charge on any atom is -0.366 e. The second kappa shape index (κ2) is 5.86. The molecule has 0 fully saturated rings. The van der Waals surface area contributed by atoms with E-state index >= 15 is 0 Å². The Morgan fingerprint density at radius 2 is 2.11 bits per heavy atom. The molecule has 1 atom stereocenters. The summed E-state index contributed by atoms with van der Waals surface area (Å²) >= 11 is 0. The first kappa shape index (κ1) is 15.2. The van der Waals surface area contributed by atoms with Crippen LogP contribution in [0.3, 0.4) is 0 Å². The molecule has 4 N–H and O–H groups in total. The molecule has 0 saturated carbocycles. The highest BCUT2D eigenvalue weighted by Gasteiger charge is 2.25. The van der Waals surface area contributed by atoms with Gasteiger partial charge in [-0.3, -0.25) is 4.79 Å². The highest BCUT2D eigenvalue weighted by molar-refractivity contribution is 5.97. The van der Waals surface area contributed by atoms with E-state index in [0.29, 0.717) is 17.3 Å². The molecule has 0 bridgehead atoms. The van der Waals surface area contributed by atoms with Crippen LogP contribution in [0.5, 0.6) is 0 Å². The predicted molar refractivity (Wildman–Crippen MR) is 77.3 cm³/mol. The van der Waals surface area contributed by atoms with Gasteiger partial charge in [-0.1, -0.05) is 27.7 Å². The number of hydrogen-bond acceptors (Lipinski definition) is 5. The number of aromatic nitrogens is 2. The van der Waals surface area contributed by atoms with E-state index in [1.165, 1.54) is 6.20 Å². The van der Waals surface area contributed by atoms with E-state index in [2.05, 4.69) is 48.3 Å². The maximum absolute atomic E-state index is 11.4. The lowest BCUT2D eigenvalue weighted by molar-refractivity contribution is 0.1000. The van der Waals surface area contributed by atoms with Crippen molar-refractivity contribution in [3.8, 4) is 0 Å². The summed E-state index contributed by atoms with van der Waals surface area (Å²) in [4.78, 5) is 19.7. The van der Waals surface area contributed by atoms with E-state index in [1.54, 1.807) is 7.05 Å². The van der Waals surface area contributed by atoms with Gasteiger partial charge < -0.3 is 16.4 Å². The summed E-state index contributed by atoms with van der Waals surface area (Å²) in [7, 11) is 1.73. The summed E-state index contributed by atoms with van der Waals surface area (Å²) < 4.78 is 0. The summed E-state index contributed by atoms with van der Waals surface area (Å²) in [5, 5.41) is 6.15. The van der Waals surface area contributed by atoms with Gasteiger partial charge in [0.05, 0.1) is 5.56 Å². The van der Waals surface area contributed by atoms with Gasteiger partial charge in [-0.05, 0) is 11.8 Å². The lowest BCUT2D eigenvalue weighted by atomic mass is 9.85. The van der Waals surface area contributed by atoms with Crippen LogP contribution in [0.15, 0.2) is 6.20 Å². The van der Waals surface area contributed by atoms with Gasteiger partial charge in [0.15, 0.2) is 0 Å². The molecule has 1 aromatic rings. The SMILES string of the molecule is CC[C@H](Nc1nc(NC)ncc1C(N)=O)C(C)(C)C. The molecule has 6 heteroatoms. The van der Waals surface area contributed by atoms with Crippen LogP contribution in [0.1, 0.15) is 44.5 Å². The van der Waals surface area contributed by atoms with Gasteiger partial charge in [0.25, 0.3) is 5.91 Å². The van der Waals surface area contributed by atoms with Gasteiger partial charge in [0.2, 0.25) is 5.95 Å². The first-order valence-electron chi connectivity index (χ1n) is 6.40. The topological polar surface area (TPSA) is 92.9 Å². The van der Waals surface area contributed by atoms with Crippen LogP contribution in [-0.4, -0.2) is 29.0 Å². The molecule has 0 radical (unpaired) electrons. The van der Waals surface area contributed by atoms with E-state index in [0.717, 1.165) is 6.42 Å². The summed E-state index contributed by atoms with van der Waals surface area (Å²) in [6.07, 6.45) is 2.36. The quantitative estimate of drug-likeness (QED) is 0.755. The van der Waals surface area contributed by atoms with Crippen molar-refractivity contribution in [2.75, 3.05) is 17.7 Å². The summed E-state index contributed by atoms with van der Waals surface area (Å²) in [5.74, 6) is 0.402. The van der Waals surface area contributed by atoms with Gasteiger partial charge in [-0.25, -0.2) is 4.98 Å². The zero-order valence-electron chi connectivity index (χ0n) is 12.2. The summed E-state index contributed by atoms with van der Waals surface area (Å²) in [5.41, 5.74) is 5.71. The van der Waals surface area contributed by atoms with Crippen molar-refractivity contribution < 1.29 is 4.79 Å². The molecule has 106 valence electrons. The van der Waals surface area contributed by atoms with Crippen molar-refractivity contribution in [2.24, 2.45) is 11.1 Å². The number of amides is 1. The first-order valence-corrected chi connectivity index (χ1v) is 6.40. The maximum atomic E-state index is 11.4. The van der Waals surface area contributed by atoms with E-state index < -0.39 is 5.91 Å². The van der Waals surface area contributed by atoms with Crippen LogP contribution in [0.4, 0.5) is 11.8 Å². The Labute approximate surface area is 114 Å². The van der Waals surface area contributed by atoms with Gasteiger partial charge >= 0.3 is 0 Å². The Bertz CT molecular complexity index is 453. The van der Waals surface area contributed by atoms with Crippen molar-refractivity contribution in [3.63, 3.8) is 0 Å². The zero-order valence-corrected chi connectivity index (χ0v) is 12.2. The fourth-order valence-corrected chi connectivity index (χ4v) is 1.89. The molecule has 0 spiro atoms. The van der Waals surface area contributed by atoms with Gasteiger partial charge in [0, 0.05) is 19.3 Å². The van der Waals surface area contributed by atoms with E-state index in [9.17, 15) is 4.79 Å². The standard InChI is InChI=1S/C13H23N5O/c1-6-9(13(2,3)4)17-11-8(10(14)19)7-16-12(15-5)18-11/h7,9H,6H2,1-5H3,(H2,14,19)(H2,15,16,17,18)/t9-/m0/s1. The molecule has 0 aliphatic heterocycles. The van der Waals surface area contributed by atoms with Crippen LogP contribution in [0.2, 0.25) is 0 Å². The highest BCUT2D eigenvalue weighted by atomic mass is 16.1. The number of nitrogens with two attached hydrogens (primary N) is 1. The fraction of sp³-hybridized carbons (Fsp3) is 0.615. The Hall–Kier alpha value is -1.85. The Kier molecular flexibility index (Phi) is 4.69. The van der Waals surface area contributed by atoms with Gasteiger partial charge in [0.1, 0.15) is 5.82 Å². The molecule has 0 unspecified atom stereocenters. The molecule has 0 aliphatic carbocycles. The lowest BCUT2D eigenvalue weighted by Gasteiger charge is -2.31. The third-order valence-corrected chi connectivity index (χ3v) is 3.04. The number of anilines is 2. The van der Waals surface area contributed by atoms with E-state index in [4.69, 9.17) is 5.73 Å². The summed E-state index contributed by atoms with van der Waals surface area (Å²) in [6.45, 7) is 8.50. The van der Waals surface area contributed by atoms with Crippen LogP contribution in [0.25, 0.3) is 0 Å². The number of carbonyl (C=O) groups excluding carboxylic acids is 1. The number of carbonyl (C=O) groups is 1. The van der Waals surface area contributed by atoms with Crippen LogP contribution >= 0.6 is 0 Å². The second-order valence-electron chi connectivity index (χ2n) is 5.54. The molecular formula is C13H23N5O. The third-order valence-electron chi connectivity index (χ3n) is 3.04. The number of primary amides is 1. The van der Waals surface area contributed by atoms with E-state index in [1.807, 2.05) is 0 Å². The second-order valence-corrected chi connectivity index (χ2v) is 5.54. The lowest BCUT2D eigenvalue weighted by Crippen LogP contribution is -2.34. The van der Waals surface area contributed by atoms with Crippen LogP contribution in [-0.2, 0) is 0 Å². The Balaban J connectivity index is 3.13. The first-order chi connectivity index (χ1) is 8.79. The van der Waals surface area contributed by atoms with Crippen molar-refractivity contribution in [3.05, 3.63) is 11.8 Å². The normalized spacial score (nSPS) is 12.9. The van der Waals surface area contributed by atoms with Crippen molar-refractivity contribution in [2.45, 2.75) is 40.2 Å². The molecule has 6 nitrogen and oxygen atoms in total. The monoisotopic (exact) mass is 265 g/mol. The number of nitrogens with one attached hydrogen (secondary N) is 2. The van der Waals surface area contributed by atoms with Gasteiger partial charge in [-0.15, -0.1) is 0 Å². The Morgan fingerprint density at radius 1 is 1.47 bits per heavy atom. The number of rotatable bonds is 5. The molecule has 0 aliphatic rings. The molecule has 19 heavy (non-hydrogen) atoms. The molecule has 0 aromatic carbocycles. The fourth-order valence-electron chi connectivity index (χ4n) is 1.89. The molecule has 1 rings (SSSR count). The molecule has 1 amide bonds. The number of hydrogen-bond donors (Lipinski definition) is 3. The number of nitrogens with zero attached hydrogens (tertiary/aromatic N) is 2. The summed E-state index contributed by atoms with van der Waals surface area (Å²) in [6, 6.07) is 0.185. The van der Waals surface area contributed by atoms with Crippen molar-refractivity contribution in [1.82, 2.24) is 9.97 Å². The molecular weight excluding hydrogens is 242 g/mol. The van der Waals surface area contributed by atoms with Gasteiger partial charge in [-0.2, -0.15) is 4.98 Å². The minimum atomic E-state index is -0.533. The zero-order chi connectivity index (χ0) is 14.6. The van der Waals surface area contributed by atoms with Crippen molar-refractivity contribution in [1.29, 1.82) is 0 Å². The predicted octanol–water partition coefficient (Wildman–Crippen LogP) is 1.85. The highest BCUT2D eigenvalue weighted by Crippen LogP contribution is 2.26. The average molecular weight is 265 g/mol. The smallest absolute Gasteiger partial charge is 0.254 e. The Morgan fingerprint density at radius 3 is 2.53 bits per heavy atom. The third kappa shape index (κ3) is 3.81. The largest absolute Gasteiger partial charge is 0.366 e. The molecule has 1 heterocycles. The maximum Gasteiger partial charge on any atom is 0.254 e. The van der Waals surface area contributed by atoms with Crippen LogP contribution in [0, 0.1) is 5.41 Å². The van der Waals surface area contributed by atoms with Crippen molar-refractivity contribution >= 4 is 17.7 Å². The molecule has 0 saturated heterocycles. The minimum absolute atomic E-state index is 0.0500. The van der Waals surface area contributed by atoms with Crippen LogP contribution < -0.4 is 16.4 Å². The van der Waals surface area contributed by atoms with E-state index in [-0.39, 0.29) is 11.5 Å². The molecule has 1 aromatic heterocycles.